The summed E-state index contributed by atoms with van der Waals surface area (Å²) in [6.45, 7) is 4.60. The van der Waals surface area contributed by atoms with Gasteiger partial charge in [0, 0.05) is 24.5 Å². The minimum absolute atomic E-state index is 0.212. The molecule has 144 valence electrons. The van der Waals surface area contributed by atoms with E-state index in [1.165, 1.54) is 17.3 Å². The number of imidazole rings is 1. The van der Waals surface area contributed by atoms with Crippen LogP contribution in [0.2, 0.25) is 0 Å². The van der Waals surface area contributed by atoms with E-state index in [-0.39, 0.29) is 11.5 Å². The minimum atomic E-state index is -0.350. The molecule has 6 nitrogen and oxygen atoms in total. The molecule has 6 heteroatoms. The molecule has 4 rings (SSSR count). The van der Waals surface area contributed by atoms with Gasteiger partial charge < -0.3 is 9.97 Å². The number of hydrogen-bond donors (Lipinski definition) is 2. The molecule has 0 amide bonds. The van der Waals surface area contributed by atoms with Crippen molar-refractivity contribution in [3.8, 4) is 0 Å². The van der Waals surface area contributed by atoms with Gasteiger partial charge in [-0.05, 0) is 62.0 Å². The second-order valence-corrected chi connectivity index (χ2v) is 7.41. The average Bonchev–Trinajstić information content (AvgIpc) is 3.09. The van der Waals surface area contributed by atoms with Gasteiger partial charge in [0.1, 0.15) is 5.69 Å². The quantitative estimate of drug-likeness (QED) is 0.671. The third kappa shape index (κ3) is 3.82. The monoisotopic (exact) mass is 376 g/mol. The molecule has 3 aromatic rings. The van der Waals surface area contributed by atoms with Crippen LogP contribution in [0, 0.1) is 6.92 Å². The number of nitrogens with zero attached hydrogens (tertiary/aromatic N) is 2. The number of H-pyrrole nitrogens is 2. The van der Waals surface area contributed by atoms with Gasteiger partial charge >= 0.3 is 5.69 Å². The molecule has 0 spiro atoms. The van der Waals surface area contributed by atoms with Crippen LogP contribution >= 0.6 is 0 Å². The lowest BCUT2D eigenvalue weighted by atomic mass is 9.87. The molecule has 2 aromatic heterocycles. The molecule has 0 bridgehead atoms. The summed E-state index contributed by atoms with van der Waals surface area (Å²) in [4.78, 5) is 36.4. The number of hydrogen-bond acceptors (Lipinski definition) is 4. The maximum absolute atomic E-state index is 12.7. The molecule has 2 N–H and O–H groups in total. The second kappa shape index (κ2) is 7.94. The van der Waals surface area contributed by atoms with Crippen molar-refractivity contribution in [2.75, 3.05) is 13.1 Å². The van der Waals surface area contributed by atoms with E-state index in [0.29, 0.717) is 29.4 Å². The Kier molecular flexibility index (Phi) is 5.21. The largest absolute Gasteiger partial charge is 0.323 e. The zero-order chi connectivity index (χ0) is 19.5. The van der Waals surface area contributed by atoms with Gasteiger partial charge in [0.25, 0.3) is 0 Å². The molecule has 0 unspecified atom stereocenters. The summed E-state index contributed by atoms with van der Waals surface area (Å²) >= 11 is 0. The Morgan fingerprint density at radius 1 is 1.14 bits per heavy atom. The third-order valence-corrected chi connectivity index (χ3v) is 5.55. The van der Waals surface area contributed by atoms with Crippen LogP contribution in [0.3, 0.4) is 0 Å². The molecule has 1 fully saturated rings. The Balaban J connectivity index is 1.46. The summed E-state index contributed by atoms with van der Waals surface area (Å²) in [6.07, 6.45) is 5.29. The van der Waals surface area contributed by atoms with Gasteiger partial charge in [0.2, 0.25) is 5.78 Å². The lowest BCUT2D eigenvalue weighted by Crippen LogP contribution is -2.33. The Hall–Kier alpha value is -2.99. The third-order valence-electron chi connectivity index (χ3n) is 5.55. The number of piperidine rings is 1. The number of rotatable bonds is 5. The van der Waals surface area contributed by atoms with Crippen LogP contribution in [0.4, 0.5) is 0 Å². The molecule has 1 aliphatic heterocycles. The standard InChI is InChI=1S/C22H24N4O2/c1-15-5-2-3-7-18(15)16-8-11-26(12-9-16)14-19-20(25-22(28)24-19)21(27)17-6-4-10-23-13-17/h2-7,10,13,16H,8-9,11-12,14H2,1H3,(H2,24,25,28). The van der Waals surface area contributed by atoms with Gasteiger partial charge in [-0.2, -0.15) is 0 Å². The number of nitrogens with one attached hydrogen (secondary N) is 2. The van der Waals surface area contributed by atoms with Crippen LogP contribution in [0.1, 0.15) is 51.6 Å². The Morgan fingerprint density at radius 3 is 2.64 bits per heavy atom. The minimum Gasteiger partial charge on any atom is -0.308 e. The fourth-order valence-corrected chi connectivity index (χ4v) is 4.04. The first kappa shape index (κ1) is 18.4. The van der Waals surface area contributed by atoms with Crippen LogP contribution in [-0.4, -0.2) is 38.7 Å². The molecule has 3 heterocycles. The van der Waals surface area contributed by atoms with Gasteiger partial charge in [-0.15, -0.1) is 0 Å². The lowest BCUT2D eigenvalue weighted by molar-refractivity contribution is 0.103. The number of likely N-dealkylation sites (tertiary alicyclic amines) is 1. The predicted octanol–water partition coefficient (Wildman–Crippen LogP) is 3.02. The number of carbonyl (C=O) groups excluding carboxylic acids is 1. The van der Waals surface area contributed by atoms with Crippen LogP contribution in [0.15, 0.2) is 53.6 Å². The van der Waals surface area contributed by atoms with Crippen molar-refractivity contribution >= 4 is 5.78 Å². The molecule has 1 aromatic carbocycles. The number of aryl methyl sites for hydroxylation is 1. The zero-order valence-corrected chi connectivity index (χ0v) is 15.9. The Morgan fingerprint density at radius 2 is 1.93 bits per heavy atom. The molecule has 0 atom stereocenters. The molecule has 0 radical (unpaired) electrons. The summed E-state index contributed by atoms with van der Waals surface area (Å²) in [5.74, 6) is 0.357. The van der Waals surface area contributed by atoms with Gasteiger partial charge in [-0.25, -0.2) is 4.79 Å². The zero-order valence-electron chi connectivity index (χ0n) is 15.9. The molecule has 0 aliphatic carbocycles. The second-order valence-electron chi connectivity index (χ2n) is 7.41. The molecular formula is C22H24N4O2. The number of ketones is 1. The number of aromatic nitrogens is 3. The Bertz CT molecular complexity index is 1010. The van der Waals surface area contributed by atoms with E-state index in [1.807, 2.05) is 0 Å². The van der Waals surface area contributed by atoms with E-state index < -0.39 is 0 Å². The van der Waals surface area contributed by atoms with Crippen LogP contribution in [0.25, 0.3) is 0 Å². The Labute approximate surface area is 163 Å². The van der Waals surface area contributed by atoms with Crippen molar-refractivity contribution in [2.24, 2.45) is 0 Å². The van der Waals surface area contributed by atoms with Gasteiger partial charge in [-0.1, -0.05) is 24.3 Å². The number of carbonyl (C=O) groups is 1. The van der Waals surface area contributed by atoms with Gasteiger partial charge in [0.05, 0.1) is 5.69 Å². The first-order chi connectivity index (χ1) is 13.6. The summed E-state index contributed by atoms with van der Waals surface area (Å²) in [5, 5.41) is 0. The van der Waals surface area contributed by atoms with E-state index >= 15 is 0 Å². The highest BCUT2D eigenvalue weighted by atomic mass is 16.1. The molecule has 1 saturated heterocycles. The summed E-state index contributed by atoms with van der Waals surface area (Å²) in [6, 6.07) is 12.0. The van der Waals surface area contributed by atoms with E-state index in [1.54, 1.807) is 18.3 Å². The topological polar surface area (TPSA) is 81.9 Å². The van der Waals surface area contributed by atoms with Crippen LogP contribution in [-0.2, 0) is 6.54 Å². The van der Waals surface area contributed by atoms with E-state index in [4.69, 9.17) is 0 Å². The summed E-state index contributed by atoms with van der Waals surface area (Å²) in [5.41, 5.74) is 3.88. The number of aromatic amines is 2. The molecule has 0 saturated carbocycles. The SMILES string of the molecule is Cc1ccccc1C1CCN(Cc2[nH]c(=O)[nH]c2C(=O)c2cccnc2)CC1. The van der Waals surface area contributed by atoms with Crippen LogP contribution < -0.4 is 5.69 Å². The van der Waals surface area contributed by atoms with Gasteiger partial charge in [0.15, 0.2) is 0 Å². The van der Waals surface area contributed by atoms with Crippen molar-refractivity contribution in [3.05, 3.63) is 87.4 Å². The van der Waals surface area contributed by atoms with E-state index in [0.717, 1.165) is 25.9 Å². The maximum Gasteiger partial charge on any atom is 0.323 e. The highest BCUT2D eigenvalue weighted by Gasteiger charge is 2.24. The highest BCUT2D eigenvalue weighted by Crippen LogP contribution is 2.30. The first-order valence-corrected chi connectivity index (χ1v) is 9.65. The normalized spacial score (nSPS) is 15.6. The van der Waals surface area contributed by atoms with Crippen molar-refractivity contribution in [1.29, 1.82) is 0 Å². The van der Waals surface area contributed by atoms with E-state index in [2.05, 4.69) is 51.0 Å². The number of pyridine rings is 1. The lowest BCUT2D eigenvalue weighted by Gasteiger charge is -2.32. The summed E-state index contributed by atoms with van der Waals surface area (Å²) < 4.78 is 0. The van der Waals surface area contributed by atoms with Gasteiger partial charge in [-0.3, -0.25) is 14.7 Å². The van der Waals surface area contributed by atoms with Crippen molar-refractivity contribution in [1.82, 2.24) is 19.9 Å². The van der Waals surface area contributed by atoms with Crippen molar-refractivity contribution in [3.63, 3.8) is 0 Å². The number of benzene rings is 1. The molecule has 1 aliphatic rings. The average molecular weight is 376 g/mol. The summed E-state index contributed by atoms with van der Waals surface area (Å²) in [7, 11) is 0. The van der Waals surface area contributed by atoms with E-state index in [9.17, 15) is 9.59 Å². The predicted molar refractivity (Wildman–Crippen MR) is 108 cm³/mol. The fraction of sp³-hybridized carbons (Fsp3) is 0.318. The molecule has 28 heavy (non-hydrogen) atoms. The van der Waals surface area contributed by atoms with Crippen molar-refractivity contribution in [2.45, 2.75) is 32.2 Å². The highest BCUT2D eigenvalue weighted by molar-refractivity contribution is 6.08. The van der Waals surface area contributed by atoms with Crippen molar-refractivity contribution < 1.29 is 4.79 Å². The first-order valence-electron chi connectivity index (χ1n) is 9.65. The smallest absolute Gasteiger partial charge is 0.308 e. The maximum atomic E-state index is 12.7. The van der Waals surface area contributed by atoms with Crippen LogP contribution in [0.5, 0.6) is 0 Å². The fourth-order valence-electron chi connectivity index (χ4n) is 4.04. The molecular weight excluding hydrogens is 352 g/mol.